The molecule has 1 aromatic heterocycles. The number of benzene rings is 1. The number of rotatable bonds is 6. The zero-order valence-corrected chi connectivity index (χ0v) is 19.1. The molecule has 0 radical (unpaired) electrons. The molecule has 7 heteroatoms. The number of hydrogen-bond donors (Lipinski definition) is 1. The van der Waals surface area contributed by atoms with Crippen molar-refractivity contribution in [2.24, 2.45) is 5.92 Å². The van der Waals surface area contributed by atoms with Gasteiger partial charge < -0.3 is 24.6 Å². The minimum atomic E-state index is 0.158. The first-order chi connectivity index (χ1) is 15.0. The fourth-order valence-electron chi connectivity index (χ4n) is 4.87. The minimum absolute atomic E-state index is 0.158. The SMILES string of the molecule is CNc1cc(C2CCN(C(C)=O)CC2)c2cc(OC)c(OC[C@@H]3CCN(C)C3)cc2n1. The molecule has 7 nitrogen and oxygen atoms in total. The van der Waals surface area contributed by atoms with Crippen molar-refractivity contribution in [3.8, 4) is 11.5 Å². The Bertz CT molecular complexity index is 940. The second-order valence-corrected chi connectivity index (χ2v) is 8.88. The highest BCUT2D eigenvalue weighted by atomic mass is 16.5. The summed E-state index contributed by atoms with van der Waals surface area (Å²) in [5.41, 5.74) is 2.18. The monoisotopic (exact) mass is 426 g/mol. The second kappa shape index (κ2) is 9.30. The van der Waals surface area contributed by atoms with Crippen LogP contribution in [0.3, 0.4) is 0 Å². The molecule has 0 saturated carbocycles. The van der Waals surface area contributed by atoms with Crippen molar-refractivity contribution in [3.05, 3.63) is 23.8 Å². The number of fused-ring (bicyclic) bond motifs is 1. The average Bonchev–Trinajstić information content (AvgIpc) is 3.21. The number of anilines is 1. The lowest BCUT2D eigenvalue weighted by atomic mass is 9.87. The molecule has 2 aliphatic rings. The van der Waals surface area contributed by atoms with Crippen molar-refractivity contribution < 1.29 is 14.3 Å². The van der Waals surface area contributed by atoms with Gasteiger partial charge >= 0.3 is 0 Å². The van der Waals surface area contributed by atoms with Crippen LogP contribution >= 0.6 is 0 Å². The van der Waals surface area contributed by atoms with Gasteiger partial charge in [0.15, 0.2) is 11.5 Å². The van der Waals surface area contributed by atoms with Crippen LogP contribution in [0.1, 0.15) is 37.7 Å². The number of likely N-dealkylation sites (tertiary alicyclic amines) is 2. The number of amides is 1. The third kappa shape index (κ3) is 4.71. The topological polar surface area (TPSA) is 66.9 Å². The molecular weight excluding hydrogens is 392 g/mol. The standard InChI is InChI=1S/C24H34N4O3/c1-16(29)28-9-6-18(7-10-28)19-12-24(25-2)26-21-13-23(22(30-4)11-20(19)21)31-15-17-5-8-27(3)14-17/h11-13,17-18H,5-10,14-15H2,1-4H3,(H,25,26)/t17-/m1/s1. The van der Waals surface area contributed by atoms with Gasteiger partial charge in [-0.25, -0.2) is 4.98 Å². The number of carbonyl (C=O) groups excluding carboxylic acids is 1. The van der Waals surface area contributed by atoms with Crippen LogP contribution in [-0.4, -0.2) is 74.7 Å². The fraction of sp³-hybridized carbons (Fsp3) is 0.583. The highest BCUT2D eigenvalue weighted by Crippen LogP contribution is 2.39. The van der Waals surface area contributed by atoms with E-state index in [4.69, 9.17) is 14.5 Å². The van der Waals surface area contributed by atoms with Gasteiger partial charge in [-0.3, -0.25) is 4.79 Å². The van der Waals surface area contributed by atoms with Gasteiger partial charge in [-0.15, -0.1) is 0 Å². The Morgan fingerprint density at radius 2 is 1.94 bits per heavy atom. The van der Waals surface area contributed by atoms with E-state index in [0.29, 0.717) is 18.4 Å². The van der Waals surface area contributed by atoms with Gasteiger partial charge in [0.2, 0.25) is 5.91 Å². The van der Waals surface area contributed by atoms with E-state index in [1.165, 1.54) is 5.56 Å². The van der Waals surface area contributed by atoms with Crippen LogP contribution in [0, 0.1) is 5.92 Å². The van der Waals surface area contributed by atoms with E-state index in [1.54, 1.807) is 14.0 Å². The van der Waals surface area contributed by atoms with Crippen LogP contribution < -0.4 is 14.8 Å². The predicted octanol–water partition coefficient (Wildman–Crippen LogP) is 3.34. The maximum atomic E-state index is 11.7. The van der Waals surface area contributed by atoms with Crippen molar-refractivity contribution in [1.29, 1.82) is 0 Å². The Hall–Kier alpha value is -2.54. The molecule has 2 aliphatic heterocycles. The van der Waals surface area contributed by atoms with Crippen molar-refractivity contribution in [3.63, 3.8) is 0 Å². The van der Waals surface area contributed by atoms with E-state index < -0.39 is 0 Å². The van der Waals surface area contributed by atoms with Crippen molar-refractivity contribution in [2.75, 3.05) is 59.3 Å². The quantitative estimate of drug-likeness (QED) is 0.764. The number of methoxy groups -OCH3 is 1. The van der Waals surface area contributed by atoms with Crippen molar-refractivity contribution in [2.45, 2.75) is 32.1 Å². The zero-order chi connectivity index (χ0) is 22.0. The van der Waals surface area contributed by atoms with Crippen LogP contribution in [0.2, 0.25) is 0 Å². The molecule has 31 heavy (non-hydrogen) atoms. The maximum Gasteiger partial charge on any atom is 0.219 e. The van der Waals surface area contributed by atoms with E-state index in [0.717, 1.165) is 73.7 Å². The number of piperidine rings is 1. The Balaban J connectivity index is 1.63. The fourth-order valence-corrected chi connectivity index (χ4v) is 4.87. The van der Waals surface area contributed by atoms with Crippen LogP contribution in [0.4, 0.5) is 5.82 Å². The Morgan fingerprint density at radius 1 is 1.16 bits per heavy atom. The summed E-state index contributed by atoms with van der Waals surface area (Å²) >= 11 is 0. The number of carbonyl (C=O) groups is 1. The zero-order valence-electron chi connectivity index (χ0n) is 19.1. The number of nitrogens with zero attached hydrogens (tertiary/aromatic N) is 3. The molecule has 0 unspecified atom stereocenters. The molecule has 1 atom stereocenters. The molecule has 1 N–H and O–H groups in total. The summed E-state index contributed by atoms with van der Waals surface area (Å²) < 4.78 is 11.9. The Labute approximate surface area is 184 Å². The number of hydrogen-bond acceptors (Lipinski definition) is 6. The smallest absolute Gasteiger partial charge is 0.219 e. The molecule has 2 saturated heterocycles. The summed E-state index contributed by atoms with van der Waals surface area (Å²) in [7, 11) is 5.74. The first-order valence-corrected chi connectivity index (χ1v) is 11.3. The maximum absolute atomic E-state index is 11.7. The number of ether oxygens (including phenoxy) is 2. The molecule has 1 aromatic carbocycles. The summed E-state index contributed by atoms with van der Waals surface area (Å²) in [6.45, 7) is 6.13. The lowest BCUT2D eigenvalue weighted by Gasteiger charge is -2.32. The molecule has 2 aromatic rings. The van der Waals surface area contributed by atoms with E-state index in [2.05, 4.69) is 29.4 Å². The van der Waals surface area contributed by atoms with E-state index in [-0.39, 0.29) is 5.91 Å². The Kier molecular flexibility index (Phi) is 6.51. The van der Waals surface area contributed by atoms with Gasteiger partial charge in [0, 0.05) is 51.0 Å². The average molecular weight is 427 g/mol. The van der Waals surface area contributed by atoms with Crippen molar-refractivity contribution >= 4 is 22.6 Å². The molecule has 4 rings (SSSR count). The van der Waals surface area contributed by atoms with Crippen LogP contribution in [0.5, 0.6) is 11.5 Å². The number of aromatic nitrogens is 1. The molecule has 3 heterocycles. The van der Waals surface area contributed by atoms with Crippen LogP contribution in [0.15, 0.2) is 18.2 Å². The summed E-state index contributed by atoms with van der Waals surface area (Å²) in [5.74, 6) is 3.45. The number of nitrogens with one attached hydrogen (secondary N) is 1. The summed E-state index contributed by atoms with van der Waals surface area (Å²) in [6, 6.07) is 6.23. The third-order valence-electron chi connectivity index (χ3n) is 6.73. The highest BCUT2D eigenvalue weighted by Gasteiger charge is 2.25. The summed E-state index contributed by atoms with van der Waals surface area (Å²) in [4.78, 5) is 20.8. The van der Waals surface area contributed by atoms with E-state index >= 15 is 0 Å². The van der Waals surface area contributed by atoms with E-state index in [1.807, 2.05) is 18.0 Å². The normalized spacial score (nSPS) is 20.3. The molecule has 0 aliphatic carbocycles. The largest absolute Gasteiger partial charge is 0.493 e. The van der Waals surface area contributed by atoms with Gasteiger partial charge in [-0.05, 0) is 56.5 Å². The number of pyridine rings is 1. The van der Waals surface area contributed by atoms with Gasteiger partial charge in [-0.2, -0.15) is 0 Å². The van der Waals surface area contributed by atoms with Gasteiger partial charge in [-0.1, -0.05) is 0 Å². The first kappa shape index (κ1) is 21.7. The summed E-state index contributed by atoms with van der Waals surface area (Å²) in [5, 5.41) is 4.30. The van der Waals surface area contributed by atoms with Gasteiger partial charge in [0.1, 0.15) is 5.82 Å². The molecule has 2 fully saturated rings. The predicted molar refractivity (Wildman–Crippen MR) is 123 cm³/mol. The minimum Gasteiger partial charge on any atom is -0.493 e. The Morgan fingerprint density at radius 3 is 2.55 bits per heavy atom. The second-order valence-electron chi connectivity index (χ2n) is 8.88. The lowest BCUT2D eigenvalue weighted by molar-refractivity contribution is -0.129. The van der Waals surface area contributed by atoms with Gasteiger partial charge in [0.25, 0.3) is 0 Å². The molecule has 0 bridgehead atoms. The van der Waals surface area contributed by atoms with Crippen LogP contribution in [0.25, 0.3) is 10.9 Å². The molecular formula is C24H34N4O3. The molecule has 168 valence electrons. The molecule has 1 amide bonds. The van der Waals surface area contributed by atoms with E-state index in [9.17, 15) is 4.79 Å². The first-order valence-electron chi connectivity index (χ1n) is 11.3. The van der Waals surface area contributed by atoms with Crippen molar-refractivity contribution in [1.82, 2.24) is 14.8 Å². The van der Waals surface area contributed by atoms with Gasteiger partial charge in [0.05, 0.1) is 19.2 Å². The lowest BCUT2D eigenvalue weighted by Crippen LogP contribution is -2.36. The van der Waals surface area contributed by atoms with Crippen LogP contribution in [-0.2, 0) is 4.79 Å². The highest BCUT2D eigenvalue weighted by molar-refractivity contribution is 5.88. The molecule has 0 spiro atoms. The third-order valence-corrected chi connectivity index (χ3v) is 6.73. The summed E-state index contributed by atoms with van der Waals surface area (Å²) in [6.07, 6.45) is 3.08.